The lowest BCUT2D eigenvalue weighted by Gasteiger charge is -2.19. The lowest BCUT2D eigenvalue weighted by molar-refractivity contribution is -0.137. The molecule has 1 aromatic carbocycles. The van der Waals surface area contributed by atoms with Crippen molar-refractivity contribution in [3.63, 3.8) is 0 Å². The molecule has 6 nitrogen and oxygen atoms in total. The third-order valence-electron chi connectivity index (χ3n) is 3.59. The molecule has 0 aliphatic carbocycles. The zero-order chi connectivity index (χ0) is 17.1. The standard InChI is InChI=1S/C15H16Cl2N2O4/c1-8(6-13(20)21)18-14(22)10-4-5-19(15(10)23)12-7-9(16)2-3-11(12)17/h2-3,7-8,10H,4-6H2,1H3,(H,18,22)(H,20,21). The number of carboxylic acid groups (broad SMARTS) is 1. The molecule has 0 saturated carbocycles. The number of hydrogen-bond acceptors (Lipinski definition) is 3. The Balaban J connectivity index is 2.08. The molecule has 1 fully saturated rings. The Morgan fingerprint density at radius 1 is 1.43 bits per heavy atom. The summed E-state index contributed by atoms with van der Waals surface area (Å²) in [7, 11) is 0. The van der Waals surface area contributed by atoms with Gasteiger partial charge in [0.25, 0.3) is 0 Å². The third kappa shape index (κ3) is 4.14. The Kier molecular flexibility index (Phi) is 5.49. The lowest BCUT2D eigenvalue weighted by atomic mass is 10.1. The Hall–Kier alpha value is -1.79. The molecule has 2 rings (SSSR count). The summed E-state index contributed by atoms with van der Waals surface area (Å²) in [6.07, 6.45) is 0.143. The highest BCUT2D eigenvalue weighted by Crippen LogP contribution is 2.33. The number of aliphatic carboxylic acids is 1. The summed E-state index contributed by atoms with van der Waals surface area (Å²) in [6, 6.07) is 4.24. The predicted octanol–water partition coefficient (Wildman–Crippen LogP) is 2.33. The van der Waals surface area contributed by atoms with E-state index in [1.54, 1.807) is 25.1 Å². The molecule has 2 unspecified atom stereocenters. The van der Waals surface area contributed by atoms with Gasteiger partial charge in [-0.05, 0) is 31.5 Å². The Morgan fingerprint density at radius 3 is 2.78 bits per heavy atom. The summed E-state index contributed by atoms with van der Waals surface area (Å²) in [6.45, 7) is 1.93. The molecule has 2 amide bonds. The number of halogens is 2. The monoisotopic (exact) mass is 358 g/mol. The van der Waals surface area contributed by atoms with Gasteiger partial charge in [-0.25, -0.2) is 0 Å². The summed E-state index contributed by atoms with van der Waals surface area (Å²) in [5.74, 6) is -2.69. The van der Waals surface area contributed by atoms with Crippen molar-refractivity contribution in [2.45, 2.75) is 25.8 Å². The summed E-state index contributed by atoms with van der Waals surface area (Å²) < 4.78 is 0. The van der Waals surface area contributed by atoms with Crippen LogP contribution in [0, 0.1) is 5.92 Å². The summed E-state index contributed by atoms with van der Waals surface area (Å²) >= 11 is 12.0. The van der Waals surface area contributed by atoms with Gasteiger partial charge in [-0.15, -0.1) is 0 Å². The molecule has 124 valence electrons. The molecule has 8 heteroatoms. The fourth-order valence-corrected chi connectivity index (χ4v) is 2.90. The SMILES string of the molecule is CC(CC(=O)O)NC(=O)C1CCN(c2cc(Cl)ccc2Cl)C1=O. The average molecular weight is 359 g/mol. The molecule has 1 saturated heterocycles. The van der Waals surface area contributed by atoms with Gasteiger partial charge in [0, 0.05) is 17.6 Å². The Bertz CT molecular complexity index is 650. The molecule has 0 aromatic heterocycles. The minimum Gasteiger partial charge on any atom is -0.481 e. The fourth-order valence-electron chi connectivity index (χ4n) is 2.51. The first kappa shape index (κ1) is 17.6. The van der Waals surface area contributed by atoms with Crippen molar-refractivity contribution in [3.05, 3.63) is 28.2 Å². The third-order valence-corrected chi connectivity index (χ3v) is 4.15. The maximum absolute atomic E-state index is 12.5. The molecule has 2 N–H and O–H groups in total. The van der Waals surface area contributed by atoms with Gasteiger partial charge in [0.1, 0.15) is 5.92 Å². The molecule has 1 aliphatic rings. The second kappa shape index (κ2) is 7.19. The number of rotatable bonds is 5. The molecule has 1 aromatic rings. The summed E-state index contributed by atoms with van der Waals surface area (Å²) in [4.78, 5) is 36.7. The molecule has 23 heavy (non-hydrogen) atoms. The van der Waals surface area contributed by atoms with Crippen molar-refractivity contribution in [1.29, 1.82) is 0 Å². The van der Waals surface area contributed by atoms with Gasteiger partial charge in [0.2, 0.25) is 11.8 Å². The molecule has 0 bridgehead atoms. The van der Waals surface area contributed by atoms with Gasteiger partial charge in [-0.2, -0.15) is 0 Å². The maximum Gasteiger partial charge on any atom is 0.305 e. The van der Waals surface area contributed by atoms with Gasteiger partial charge < -0.3 is 15.3 Å². The number of hydrogen-bond donors (Lipinski definition) is 2. The normalized spacial score (nSPS) is 18.8. The number of amides is 2. The van der Waals surface area contributed by atoms with E-state index in [-0.39, 0.29) is 12.3 Å². The number of carboxylic acids is 1. The Labute approximate surface area is 143 Å². The number of nitrogens with zero attached hydrogens (tertiary/aromatic N) is 1. The first-order valence-corrected chi connectivity index (χ1v) is 7.83. The number of carbonyl (C=O) groups excluding carboxylic acids is 2. The molecular formula is C15H16Cl2N2O4. The van der Waals surface area contributed by atoms with Crippen LogP contribution in [-0.4, -0.2) is 35.5 Å². The van der Waals surface area contributed by atoms with Crippen LogP contribution in [0.5, 0.6) is 0 Å². The number of nitrogens with one attached hydrogen (secondary N) is 1. The van der Waals surface area contributed by atoms with Gasteiger partial charge >= 0.3 is 5.97 Å². The van der Waals surface area contributed by atoms with Crippen molar-refractivity contribution in [2.75, 3.05) is 11.4 Å². The van der Waals surface area contributed by atoms with Crippen molar-refractivity contribution >= 4 is 46.7 Å². The van der Waals surface area contributed by atoms with Crippen LogP contribution >= 0.6 is 23.2 Å². The van der Waals surface area contributed by atoms with Gasteiger partial charge in [0.15, 0.2) is 0 Å². The van der Waals surface area contributed by atoms with Gasteiger partial charge in [-0.3, -0.25) is 14.4 Å². The molecule has 2 atom stereocenters. The molecule has 1 aliphatic heterocycles. The second-order valence-electron chi connectivity index (χ2n) is 5.43. The van der Waals surface area contributed by atoms with Crippen LogP contribution in [0.3, 0.4) is 0 Å². The topological polar surface area (TPSA) is 86.7 Å². The van der Waals surface area contributed by atoms with E-state index in [2.05, 4.69) is 5.32 Å². The van der Waals surface area contributed by atoms with Gasteiger partial charge in [0.05, 0.1) is 17.1 Å². The van der Waals surface area contributed by atoms with Crippen molar-refractivity contribution in [1.82, 2.24) is 5.32 Å². The first-order valence-electron chi connectivity index (χ1n) is 7.08. The zero-order valence-electron chi connectivity index (χ0n) is 12.4. The number of carbonyl (C=O) groups is 3. The van der Waals surface area contributed by atoms with Gasteiger partial charge in [-0.1, -0.05) is 23.2 Å². The van der Waals surface area contributed by atoms with E-state index in [9.17, 15) is 14.4 Å². The second-order valence-corrected chi connectivity index (χ2v) is 6.28. The van der Waals surface area contributed by atoms with E-state index >= 15 is 0 Å². The quantitative estimate of drug-likeness (QED) is 0.790. The minimum absolute atomic E-state index is 0.198. The van der Waals surface area contributed by atoms with Crippen LogP contribution < -0.4 is 10.2 Å². The Morgan fingerprint density at radius 2 is 2.13 bits per heavy atom. The van der Waals surface area contributed by atoms with Crippen molar-refractivity contribution in [3.8, 4) is 0 Å². The van der Waals surface area contributed by atoms with Crippen molar-refractivity contribution < 1.29 is 19.5 Å². The number of anilines is 1. The number of benzene rings is 1. The van der Waals surface area contributed by atoms with E-state index in [1.807, 2.05) is 0 Å². The molecule has 1 heterocycles. The smallest absolute Gasteiger partial charge is 0.305 e. The molecule has 0 radical (unpaired) electrons. The minimum atomic E-state index is -1.01. The van der Waals surface area contributed by atoms with Crippen LogP contribution in [0.25, 0.3) is 0 Å². The predicted molar refractivity (Wildman–Crippen MR) is 86.8 cm³/mol. The average Bonchev–Trinajstić information content (AvgIpc) is 2.82. The van der Waals surface area contributed by atoms with Crippen LogP contribution in [0.1, 0.15) is 19.8 Å². The zero-order valence-corrected chi connectivity index (χ0v) is 13.9. The first-order chi connectivity index (χ1) is 10.8. The maximum atomic E-state index is 12.5. The van der Waals surface area contributed by atoms with E-state index in [1.165, 1.54) is 4.90 Å². The van der Waals surface area contributed by atoms with E-state index in [0.717, 1.165) is 0 Å². The van der Waals surface area contributed by atoms with Crippen LogP contribution in [0.4, 0.5) is 5.69 Å². The van der Waals surface area contributed by atoms with E-state index < -0.39 is 23.8 Å². The summed E-state index contributed by atoms with van der Waals surface area (Å²) in [5.41, 5.74) is 0.470. The fraction of sp³-hybridized carbons (Fsp3) is 0.400. The molecule has 0 spiro atoms. The highest BCUT2D eigenvalue weighted by molar-refractivity contribution is 6.36. The van der Waals surface area contributed by atoms with Crippen LogP contribution in [0.2, 0.25) is 10.0 Å². The van der Waals surface area contributed by atoms with Crippen molar-refractivity contribution in [2.24, 2.45) is 5.92 Å². The lowest BCUT2D eigenvalue weighted by Crippen LogP contribution is -2.41. The van der Waals surface area contributed by atoms with E-state index in [4.69, 9.17) is 28.3 Å². The highest BCUT2D eigenvalue weighted by Gasteiger charge is 2.38. The molecular weight excluding hydrogens is 343 g/mol. The largest absolute Gasteiger partial charge is 0.481 e. The van der Waals surface area contributed by atoms with E-state index in [0.29, 0.717) is 28.7 Å². The highest BCUT2D eigenvalue weighted by atomic mass is 35.5. The van der Waals surface area contributed by atoms with Crippen LogP contribution in [0.15, 0.2) is 18.2 Å². The summed E-state index contributed by atoms with van der Waals surface area (Å²) in [5, 5.41) is 12.1. The van der Waals surface area contributed by atoms with Crippen LogP contribution in [-0.2, 0) is 14.4 Å².